The third-order valence-corrected chi connectivity index (χ3v) is 7.75. The molecule has 0 radical (unpaired) electrons. The van der Waals surface area contributed by atoms with Crippen LogP contribution in [0.5, 0.6) is 5.75 Å². The van der Waals surface area contributed by atoms with Crippen molar-refractivity contribution >= 4 is 16.9 Å². The van der Waals surface area contributed by atoms with E-state index < -0.39 is 0 Å². The molecule has 2 aliphatic rings. The van der Waals surface area contributed by atoms with Crippen molar-refractivity contribution in [3.8, 4) is 23.1 Å². The second-order valence-corrected chi connectivity index (χ2v) is 10.1. The van der Waals surface area contributed by atoms with Gasteiger partial charge >= 0.3 is 0 Å². The molecule has 0 aromatic carbocycles. The molecule has 1 amide bonds. The van der Waals surface area contributed by atoms with Gasteiger partial charge in [0.2, 0.25) is 0 Å². The molecule has 2 fully saturated rings. The minimum Gasteiger partial charge on any atom is -0.492 e. The first-order valence-electron chi connectivity index (χ1n) is 13.1. The van der Waals surface area contributed by atoms with Crippen LogP contribution in [0.3, 0.4) is 0 Å². The summed E-state index contributed by atoms with van der Waals surface area (Å²) in [5.41, 5.74) is 2.69. The Balaban J connectivity index is 1.11. The number of hydrogen-bond acceptors (Lipinski definition) is 8. The minimum absolute atomic E-state index is 0.0923. The summed E-state index contributed by atoms with van der Waals surface area (Å²) in [4.78, 5) is 31.0. The van der Waals surface area contributed by atoms with Gasteiger partial charge in [0.05, 0.1) is 23.9 Å². The lowest BCUT2D eigenvalue weighted by Crippen LogP contribution is -2.36. The predicted octanol–water partition coefficient (Wildman–Crippen LogP) is 4.13. The average molecular weight is 519 g/mol. The molecule has 1 spiro atoms. The minimum atomic E-state index is -0.105. The van der Waals surface area contributed by atoms with E-state index >= 15 is 0 Å². The van der Waals surface area contributed by atoms with E-state index in [4.69, 9.17) is 4.74 Å². The number of amides is 1. The molecule has 1 unspecified atom stereocenters. The molecule has 0 saturated heterocycles. The molecule has 5 aromatic rings. The van der Waals surface area contributed by atoms with E-state index in [1.54, 1.807) is 30.9 Å². The van der Waals surface area contributed by atoms with E-state index in [1.807, 2.05) is 54.0 Å². The normalized spacial score (nSPS) is 21.5. The maximum Gasteiger partial charge on any atom is 0.253 e. The second-order valence-electron chi connectivity index (χ2n) is 10.1. The van der Waals surface area contributed by atoms with Gasteiger partial charge in [-0.3, -0.25) is 19.3 Å². The highest BCUT2D eigenvalue weighted by molar-refractivity contribution is 6.04. The molecule has 7 rings (SSSR count). The van der Waals surface area contributed by atoms with Crippen LogP contribution in [-0.4, -0.2) is 53.3 Å². The van der Waals surface area contributed by atoms with E-state index in [9.17, 15) is 4.79 Å². The number of aromatic nitrogens is 7. The first-order chi connectivity index (χ1) is 19.1. The van der Waals surface area contributed by atoms with Crippen molar-refractivity contribution in [1.82, 2.24) is 40.0 Å². The molecule has 10 heteroatoms. The highest BCUT2D eigenvalue weighted by Gasteiger charge is 2.63. The van der Waals surface area contributed by atoms with Crippen molar-refractivity contribution in [3.63, 3.8) is 0 Å². The largest absolute Gasteiger partial charge is 0.492 e. The molecule has 39 heavy (non-hydrogen) atoms. The summed E-state index contributed by atoms with van der Waals surface area (Å²) < 4.78 is 7.55. The van der Waals surface area contributed by atoms with E-state index in [-0.39, 0.29) is 23.3 Å². The topological polar surface area (TPSA) is 121 Å². The summed E-state index contributed by atoms with van der Waals surface area (Å²) in [7, 11) is 0. The fraction of sp³-hybridized carbons (Fsp3) is 0.276. The van der Waals surface area contributed by atoms with Gasteiger partial charge in [-0.15, -0.1) is 10.2 Å². The zero-order valence-corrected chi connectivity index (χ0v) is 21.4. The van der Waals surface area contributed by atoms with Crippen molar-refractivity contribution in [1.29, 1.82) is 0 Å². The number of pyridine rings is 4. The van der Waals surface area contributed by atoms with E-state index in [1.165, 1.54) is 0 Å². The van der Waals surface area contributed by atoms with Crippen LogP contribution in [0.25, 0.3) is 28.4 Å². The molecule has 5 aromatic heterocycles. The predicted molar refractivity (Wildman–Crippen MR) is 143 cm³/mol. The van der Waals surface area contributed by atoms with Crippen LogP contribution < -0.4 is 10.1 Å². The number of hydrogen-bond donors (Lipinski definition) is 1. The first kappa shape index (κ1) is 23.4. The Kier molecular flexibility index (Phi) is 5.54. The van der Waals surface area contributed by atoms with Gasteiger partial charge in [-0.2, -0.15) is 0 Å². The van der Waals surface area contributed by atoms with Gasteiger partial charge in [-0.05, 0) is 74.1 Å². The van der Waals surface area contributed by atoms with Crippen molar-refractivity contribution in [2.45, 2.75) is 38.1 Å². The molecule has 1 atom stereocenters. The maximum absolute atomic E-state index is 13.1. The van der Waals surface area contributed by atoms with Crippen LogP contribution >= 0.6 is 0 Å². The van der Waals surface area contributed by atoms with E-state index in [0.29, 0.717) is 40.5 Å². The Morgan fingerprint density at radius 3 is 2.67 bits per heavy atom. The van der Waals surface area contributed by atoms with Crippen molar-refractivity contribution in [2.24, 2.45) is 5.41 Å². The fourth-order valence-electron chi connectivity index (χ4n) is 5.71. The summed E-state index contributed by atoms with van der Waals surface area (Å²) in [6.07, 6.45) is 9.61. The van der Waals surface area contributed by atoms with Gasteiger partial charge in [0, 0.05) is 30.6 Å². The van der Waals surface area contributed by atoms with Crippen LogP contribution in [0, 0.1) is 5.41 Å². The van der Waals surface area contributed by atoms with Gasteiger partial charge in [0.15, 0.2) is 5.82 Å². The lowest BCUT2D eigenvalue weighted by atomic mass is 9.70. The van der Waals surface area contributed by atoms with Gasteiger partial charge in [-0.25, -0.2) is 9.97 Å². The van der Waals surface area contributed by atoms with E-state index in [2.05, 4.69) is 35.5 Å². The summed E-state index contributed by atoms with van der Waals surface area (Å²) >= 11 is 0. The molecule has 2 saturated carbocycles. The first-order valence-corrected chi connectivity index (χ1v) is 13.1. The summed E-state index contributed by atoms with van der Waals surface area (Å²) in [6, 6.07) is 15.1. The standard InChI is InChI=1S/C29H26N8O2/c1-2-39-19-8-9-22(33-17-19)27-36-35-26(37(27)24-7-3-4-11-31-24)18-14-29(15-18)16-23(29)34-28(38)20-10-13-30-21-6-5-12-32-25(20)21/h3-13,17-18,23H,2,14-16H2,1H3,(H,34,38). The monoisotopic (exact) mass is 518 g/mol. The summed E-state index contributed by atoms with van der Waals surface area (Å²) in [5.74, 6) is 3.08. The van der Waals surface area contributed by atoms with Gasteiger partial charge in [0.1, 0.15) is 28.6 Å². The van der Waals surface area contributed by atoms with Crippen molar-refractivity contribution in [3.05, 3.63) is 84.7 Å². The van der Waals surface area contributed by atoms with Crippen molar-refractivity contribution < 1.29 is 9.53 Å². The van der Waals surface area contributed by atoms with Crippen LogP contribution in [0.1, 0.15) is 48.3 Å². The molecule has 0 bridgehead atoms. The lowest BCUT2D eigenvalue weighted by Gasteiger charge is -2.36. The SMILES string of the molecule is CCOc1ccc(-c2nnc(C3CC4(C3)CC4NC(=O)c3ccnc4cccnc34)n2-c2ccccn2)nc1. The third-order valence-electron chi connectivity index (χ3n) is 7.75. The van der Waals surface area contributed by atoms with Crippen LogP contribution in [0.15, 0.2) is 73.3 Å². The highest BCUT2D eigenvalue weighted by Crippen LogP contribution is 2.66. The molecule has 5 heterocycles. The molecule has 1 N–H and O–H groups in total. The average Bonchev–Trinajstić information content (AvgIpc) is 3.50. The lowest BCUT2D eigenvalue weighted by molar-refractivity contribution is 0.0934. The maximum atomic E-state index is 13.1. The van der Waals surface area contributed by atoms with E-state index in [0.717, 1.165) is 30.9 Å². The second kappa shape index (κ2) is 9.23. The third kappa shape index (κ3) is 4.08. The Morgan fingerprint density at radius 2 is 1.87 bits per heavy atom. The molecule has 194 valence electrons. The number of rotatable bonds is 7. The quantitative estimate of drug-likeness (QED) is 0.341. The highest BCUT2D eigenvalue weighted by atomic mass is 16.5. The van der Waals surface area contributed by atoms with Crippen LogP contribution in [0.2, 0.25) is 0 Å². The Labute approximate surface area is 224 Å². The molecule has 2 aliphatic carbocycles. The zero-order valence-electron chi connectivity index (χ0n) is 21.4. The molecular formula is C29H26N8O2. The Morgan fingerprint density at radius 1 is 0.974 bits per heavy atom. The van der Waals surface area contributed by atoms with Gasteiger partial charge in [-0.1, -0.05) is 6.07 Å². The number of fused-ring (bicyclic) bond motifs is 1. The number of nitrogens with one attached hydrogen (secondary N) is 1. The number of nitrogens with zero attached hydrogens (tertiary/aromatic N) is 7. The Hall–Kier alpha value is -4.73. The Bertz CT molecular complexity index is 1660. The molecule has 10 nitrogen and oxygen atoms in total. The van der Waals surface area contributed by atoms with Gasteiger partial charge < -0.3 is 10.1 Å². The summed E-state index contributed by atoms with van der Waals surface area (Å²) in [5, 5.41) is 12.4. The number of ether oxygens (including phenoxy) is 1. The fourth-order valence-corrected chi connectivity index (χ4v) is 5.71. The number of carbonyl (C=O) groups is 1. The van der Waals surface area contributed by atoms with Crippen LogP contribution in [0.4, 0.5) is 0 Å². The molecule has 0 aliphatic heterocycles. The van der Waals surface area contributed by atoms with Gasteiger partial charge in [0.25, 0.3) is 5.91 Å². The zero-order chi connectivity index (χ0) is 26.4. The van der Waals surface area contributed by atoms with Crippen LogP contribution in [-0.2, 0) is 0 Å². The smallest absolute Gasteiger partial charge is 0.253 e. The number of carbonyl (C=O) groups excluding carboxylic acids is 1. The molecular weight excluding hydrogens is 492 g/mol. The summed E-state index contributed by atoms with van der Waals surface area (Å²) in [6.45, 7) is 2.52. The van der Waals surface area contributed by atoms with Crippen molar-refractivity contribution in [2.75, 3.05) is 6.61 Å².